The van der Waals surface area contributed by atoms with Gasteiger partial charge in [-0.15, -0.1) is 4.91 Å². The van der Waals surface area contributed by atoms with E-state index >= 15 is 0 Å². The fraction of sp³-hybridized carbons (Fsp3) is 0. The third kappa shape index (κ3) is 1.73. The van der Waals surface area contributed by atoms with Crippen LogP contribution in [0.2, 0.25) is 10.0 Å². The average Bonchev–Trinajstić information content (AvgIpc) is 2.78. The molecule has 0 atom stereocenters. The van der Waals surface area contributed by atoms with E-state index in [1.165, 1.54) is 0 Å². The Bertz CT molecular complexity index is 993. The zero-order valence-corrected chi connectivity index (χ0v) is 12.0. The van der Waals surface area contributed by atoms with Gasteiger partial charge in [-0.1, -0.05) is 47.5 Å². The molecule has 1 N–H and O–H groups in total. The van der Waals surface area contributed by atoms with E-state index in [4.69, 9.17) is 23.2 Å². The Morgan fingerprint density at radius 3 is 2.62 bits per heavy atom. The van der Waals surface area contributed by atoms with E-state index in [-0.39, 0.29) is 0 Å². The summed E-state index contributed by atoms with van der Waals surface area (Å²) in [5.41, 5.74) is 2.90. The summed E-state index contributed by atoms with van der Waals surface area (Å²) in [6.45, 7) is 0. The molecule has 0 amide bonds. The number of benzene rings is 2. The molecule has 0 saturated carbocycles. The van der Waals surface area contributed by atoms with E-state index in [1.807, 2.05) is 24.3 Å². The van der Waals surface area contributed by atoms with E-state index in [0.717, 1.165) is 10.8 Å². The molecule has 0 radical (unpaired) electrons. The van der Waals surface area contributed by atoms with E-state index in [1.54, 1.807) is 12.1 Å². The highest BCUT2D eigenvalue weighted by atomic mass is 35.5. The molecule has 102 valence electrons. The monoisotopic (exact) mass is 315 g/mol. The highest BCUT2D eigenvalue weighted by molar-refractivity contribution is 6.38. The first-order chi connectivity index (χ1) is 10.2. The van der Waals surface area contributed by atoms with Gasteiger partial charge in [-0.2, -0.15) is 0 Å². The lowest BCUT2D eigenvalue weighted by Crippen LogP contribution is -1.91. The van der Waals surface area contributed by atoms with Gasteiger partial charge in [0.25, 0.3) is 0 Å². The lowest BCUT2D eigenvalue weighted by atomic mass is 10.2. The molecular formula is C15H7Cl2N3O. The van der Waals surface area contributed by atoms with Crippen molar-refractivity contribution in [2.24, 2.45) is 5.18 Å². The summed E-state index contributed by atoms with van der Waals surface area (Å²) in [6.07, 6.45) is 0. The van der Waals surface area contributed by atoms with Gasteiger partial charge in [0.1, 0.15) is 11.2 Å². The number of fused-ring (bicyclic) bond motifs is 4. The number of nitroso groups, excluding NO2 is 1. The van der Waals surface area contributed by atoms with Gasteiger partial charge in [-0.05, 0) is 17.3 Å². The molecule has 2 aromatic carbocycles. The minimum absolute atomic E-state index is 0.353. The second-order valence-electron chi connectivity index (χ2n) is 4.73. The molecule has 4 rings (SSSR count). The second kappa shape index (κ2) is 4.41. The van der Waals surface area contributed by atoms with Crippen molar-refractivity contribution in [3.05, 3.63) is 51.4 Å². The molecule has 1 heterocycles. The lowest BCUT2D eigenvalue weighted by molar-refractivity contribution is 1.30. The topological polar surface area (TPSA) is 58.1 Å². The highest BCUT2D eigenvalue weighted by Gasteiger charge is 2.21. The normalized spacial score (nSPS) is 11.5. The molecule has 6 heteroatoms. The van der Waals surface area contributed by atoms with Gasteiger partial charge in [0.15, 0.2) is 0 Å². The average molecular weight is 316 g/mol. The Morgan fingerprint density at radius 1 is 1.10 bits per heavy atom. The Hall–Kier alpha value is -2.17. The minimum Gasteiger partial charge on any atom is -0.350 e. The van der Waals surface area contributed by atoms with Gasteiger partial charge in [-0.3, -0.25) is 0 Å². The van der Waals surface area contributed by atoms with Crippen LogP contribution in [0.3, 0.4) is 0 Å². The van der Waals surface area contributed by atoms with Crippen molar-refractivity contribution in [1.82, 2.24) is 9.97 Å². The van der Waals surface area contributed by atoms with Crippen LogP contribution in [0.15, 0.2) is 41.6 Å². The summed E-state index contributed by atoms with van der Waals surface area (Å²) in [5, 5.41) is 5.75. The van der Waals surface area contributed by atoms with Crippen LogP contribution in [-0.4, -0.2) is 9.97 Å². The molecule has 0 bridgehead atoms. The van der Waals surface area contributed by atoms with Crippen LogP contribution in [0, 0.1) is 4.91 Å². The van der Waals surface area contributed by atoms with Crippen molar-refractivity contribution in [2.45, 2.75) is 0 Å². The van der Waals surface area contributed by atoms with Crippen LogP contribution >= 0.6 is 23.2 Å². The van der Waals surface area contributed by atoms with Gasteiger partial charge >= 0.3 is 0 Å². The fourth-order valence-electron chi connectivity index (χ4n) is 2.63. The molecule has 0 aromatic heterocycles. The van der Waals surface area contributed by atoms with Crippen molar-refractivity contribution in [3.63, 3.8) is 0 Å². The first-order valence-corrected chi connectivity index (χ1v) is 6.97. The number of aromatic nitrogens is 2. The van der Waals surface area contributed by atoms with Gasteiger partial charge in [0.2, 0.25) is 0 Å². The summed E-state index contributed by atoms with van der Waals surface area (Å²) >= 11 is 12.2. The lowest BCUT2D eigenvalue weighted by Gasteiger charge is -2.06. The number of rotatable bonds is 1. The van der Waals surface area contributed by atoms with E-state index in [9.17, 15) is 4.91 Å². The van der Waals surface area contributed by atoms with E-state index in [0.29, 0.717) is 38.2 Å². The number of nitrogens with zero attached hydrogens (tertiary/aromatic N) is 2. The maximum absolute atomic E-state index is 11.2. The van der Waals surface area contributed by atoms with Crippen LogP contribution in [0.25, 0.3) is 33.2 Å². The largest absolute Gasteiger partial charge is 0.350 e. The van der Waals surface area contributed by atoms with Crippen LogP contribution < -0.4 is 0 Å². The van der Waals surface area contributed by atoms with Crippen molar-refractivity contribution >= 4 is 50.7 Å². The Balaban J connectivity index is 2.27. The second-order valence-corrected chi connectivity index (χ2v) is 5.57. The van der Waals surface area contributed by atoms with Crippen molar-refractivity contribution in [1.29, 1.82) is 0 Å². The maximum atomic E-state index is 11.2. The van der Waals surface area contributed by atoms with Crippen LogP contribution in [0.5, 0.6) is 0 Å². The molecule has 0 saturated heterocycles. The number of nitrogens with one attached hydrogen (secondary N) is 1. The molecule has 2 aromatic rings. The van der Waals surface area contributed by atoms with Crippen molar-refractivity contribution in [2.75, 3.05) is 0 Å². The standard InChI is InChI=1S/C15H7Cl2N3O/c16-7-5-10(17)14-11(6-7)18-15-12(19-14)8-3-1-2-4-9(8)13(15)20-21/h1-6,18H. The quantitative estimate of drug-likeness (QED) is 0.470. The Kier molecular flexibility index (Phi) is 2.64. The maximum Gasteiger partial charge on any atom is 0.141 e. The number of aromatic amines is 1. The molecule has 21 heavy (non-hydrogen) atoms. The first kappa shape index (κ1) is 12.6. The third-order valence-electron chi connectivity index (χ3n) is 3.51. The number of H-pyrrole nitrogens is 1. The van der Waals surface area contributed by atoms with Crippen molar-refractivity contribution in [3.8, 4) is 11.4 Å². The smallest absolute Gasteiger partial charge is 0.141 e. The zero-order valence-electron chi connectivity index (χ0n) is 10.5. The number of halogens is 2. The SMILES string of the molecule is O=Nc1c2[nH]c3cc(Cl)cc(Cl)c3nc-2c2ccccc12. The molecule has 0 unspecified atom stereocenters. The van der Waals surface area contributed by atoms with Gasteiger partial charge in [-0.25, -0.2) is 4.98 Å². The van der Waals surface area contributed by atoms with Crippen LogP contribution in [0.1, 0.15) is 0 Å². The predicted molar refractivity (Wildman–Crippen MR) is 85.7 cm³/mol. The first-order valence-electron chi connectivity index (χ1n) is 6.21. The van der Waals surface area contributed by atoms with E-state index in [2.05, 4.69) is 15.1 Å². The number of hydrogen-bond donors (Lipinski definition) is 1. The fourth-order valence-corrected chi connectivity index (χ4v) is 3.16. The minimum atomic E-state index is 0.353. The molecule has 1 aliphatic carbocycles. The van der Waals surface area contributed by atoms with Gasteiger partial charge in [0.05, 0.1) is 21.9 Å². The van der Waals surface area contributed by atoms with Gasteiger partial charge < -0.3 is 4.98 Å². The van der Waals surface area contributed by atoms with Gasteiger partial charge in [0, 0.05) is 15.8 Å². The third-order valence-corrected chi connectivity index (χ3v) is 4.02. The number of hydrogen-bond acceptors (Lipinski definition) is 3. The summed E-state index contributed by atoms with van der Waals surface area (Å²) in [6, 6.07) is 10.9. The summed E-state index contributed by atoms with van der Waals surface area (Å²) in [7, 11) is 0. The summed E-state index contributed by atoms with van der Waals surface area (Å²) < 4.78 is 0. The molecule has 0 fully saturated rings. The zero-order chi connectivity index (χ0) is 14.6. The highest BCUT2D eigenvalue weighted by Crippen LogP contribution is 2.43. The molecule has 0 spiro atoms. The molecule has 2 aliphatic rings. The van der Waals surface area contributed by atoms with Crippen molar-refractivity contribution < 1.29 is 0 Å². The Morgan fingerprint density at radius 2 is 1.86 bits per heavy atom. The molecular weight excluding hydrogens is 309 g/mol. The van der Waals surface area contributed by atoms with Crippen LogP contribution in [-0.2, 0) is 0 Å². The summed E-state index contributed by atoms with van der Waals surface area (Å²) in [5.74, 6) is 0. The summed E-state index contributed by atoms with van der Waals surface area (Å²) in [4.78, 5) is 19.0. The van der Waals surface area contributed by atoms with E-state index < -0.39 is 0 Å². The molecule has 4 nitrogen and oxygen atoms in total. The van der Waals surface area contributed by atoms with Crippen LogP contribution in [0.4, 0.5) is 5.69 Å². The Labute approximate surface area is 129 Å². The predicted octanol–water partition coefficient (Wildman–Crippen LogP) is 5.53. The molecule has 1 aliphatic heterocycles.